The standard InChI is InChI=1S/C98H153N25O25/c1-52(2)43-67-87(139)115-69(45-54(5)6)92(144)122-97(9,95(147)119-65(35-39-77(103)130)85(137)112-66(81(106)133)48-78(104)131)40-24-16-14-12-11-13-15-17-25-41-98(10,96(148)120-72(49-79(105)132)90(142)114-68(44-53(3)4)88(140)116-71(47-58-50-107-60-30-22-21-29-59(58)60)89(141)109-61(82(134)113-67)31-23-26-42-99)123-93(145)70(46-57-27-19-18-20-28-57)117-94(146)80(55(7)125)121-86(138)64(34-38-76(102)129)110-84(136)63(33-37-75(101)128)111-91(143)73(51-124)118-83(135)62(108-56(8)126)32-36-74(100)127/h12,14,18-22,27-30,50,52-55,61-73,80,107,124-125H,11,13,15-17,23-26,31-49,51,99H2,1-10H3,(H2,100,127)(H2,101,128)(H2,102,129)(H2,103,130)(H2,104,131)(H2,105,132)(H2,106,133)(H,108,126)(H,109,141)(H,110,136)(H,111,143)(H,112,137)(H,113,134)(H,114,142)(H,115,139)(H,116,140)(H,117,146)(H,118,135)(H,119,147)(H,120,148)(H,121,138)(H,122,144)(H,123,145)/b14-12-/t55-,61+,62+,63+,64+,65+,66+,67+,68+,69+,70+,71+,72+,73+,80+,97+,98-/m1/s1. The molecule has 2 heterocycles. The Bertz CT molecular complexity index is 5130. The van der Waals surface area contributed by atoms with E-state index in [2.05, 4.69) is 90.1 Å². The lowest BCUT2D eigenvalue weighted by atomic mass is 9.91. The SMILES string of the molecule is CC(=O)N[C@@H](CCC(N)=O)C(=O)N[C@@H](CO)C(=O)N[C@@H](CCC(N)=O)C(=O)N[C@@H](CCC(N)=O)C(=O)N[C@H](C(=O)N[C@@H](Cc1ccccc1)C(=O)N[C@]1(C)CCCCCC/C=C\CCC[C@@](C)(C(=O)N[C@@H](CCC(N)=O)C(=O)N[C@@H](CC(N)=O)C(N)=O)NC(=O)[C@H](CC(C)C)NC(=O)[C@H](CC(C)C)NC(=O)[C@H](CCCCN)NC(=O)[C@H](Cc2c[nH]c3ccccc23)NC(=O)[C@H](CC(C)C)NC(=O)[C@H](CC(N)=O)NC1=O)[C@@H](C)O. The Labute approximate surface area is 858 Å². The number of fused-ring (bicyclic) bond motifs is 1. The highest BCUT2D eigenvalue weighted by Crippen LogP contribution is 2.25. The summed E-state index contributed by atoms with van der Waals surface area (Å²) in [6.45, 7) is 14.1. The second-order valence-electron chi connectivity index (χ2n) is 39.0. The molecule has 0 saturated carbocycles. The molecule has 148 heavy (non-hydrogen) atoms. The number of para-hydroxylation sites is 1. The van der Waals surface area contributed by atoms with E-state index in [-0.39, 0.29) is 95.4 Å². The lowest BCUT2D eigenvalue weighted by Gasteiger charge is -2.34. The first kappa shape index (κ1) is 126. The first-order valence-electron chi connectivity index (χ1n) is 49.7. The number of hydrogen-bond donors (Lipinski definition) is 27. The summed E-state index contributed by atoms with van der Waals surface area (Å²) in [5.74, 6) is -25.5. The average Bonchev–Trinajstić information content (AvgIpc) is 1.11. The number of allylic oxidation sites excluding steroid dienone is 2. The topological polar surface area (TPSA) is 850 Å². The molecular weight excluding hydrogens is 1930 g/mol. The Morgan fingerprint density at radius 2 is 0.865 bits per heavy atom. The minimum Gasteiger partial charge on any atom is -0.394 e. The monoisotopic (exact) mass is 2080 g/mol. The molecular formula is C98H153N25O25. The maximum Gasteiger partial charge on any atom is 0.246 e. The predicted octanol–water partition coefficient (Wildman–Crippen LogP) is -5.47. The van der Waals surface area contributed by atoms with Gasteiger partial charge in [0.1, 0.15) is 95.7 Å². The molecule has 23 amide bonds. The van der Waals surface area contributed by atoms with E-state index in [0.717, 1.165) is 13.8 Å². The molecule has 0 spiro atoms. The van der Waals surface area contributed by atoms with Crippen molar-refractivity contribution in [1.82, 2.24) is 90.1 Å². The van der Waals surface area contributed by atoms with Crippen molar-refractivity contribution in [2.24, 2.45) is 63.6 Å². The molecule has 0 unspecified atom stereocenters. The van der Waals surface area contributed by atoms with Gasteiger partial charge in [-0.05, 0) is 165 Å². The molecule has 50 nitrogen and oxygen atoms in total. The Hall–Kier alpha value is -14.6. The van der Waals surface area contributed by atoms with E-state index in [1.807, 2.05) is 6.08 Å². The molecule has 0 radical (unpaired) electrons. The number of carbonyl (C=O) groups excluding carboxylic acids is 23. The number of nitrogens with one attached hydrogen (secondary N) is 17. The number of aromatic amines is 1. The van der Waals surface area contributed by atoms with Gasteiger partial charge in [0.05, 0.1) is 25.6 Å². The summed E-state index contributed by atoms with van der Waals surface area (Å²) in [5, 5.41) is 62.9. The second-order valence-corrected chi connectivity index (χ2v) is 39.0. The van der Waals surface area contributed by atoms with Crippen LogP contribution in [0.2, 0.25) is 0 Å². The zero-order chi connectivity index (χ0) is 111. The van der Waals surface area contributed by atoms with Gasteiger partial charge in [-0.1, -0.05) is 121 Å². The van der Waals surface area contributed by atoms with Gasteiger partial charge in [0.25, 0.3) is 0 Å². The fourth-order valence-corrected chi connectivity index (χ4v) is 16.2. The number of H-pyrrole nitrogens is 1. The number of aromatic nitrogens is 1. The highest BCUT2D eigenvalue weighted by Gasteiger charge is 2.45. The third-order valence-corrected chi connectivity index (χ3v) is 24.3. The van der Waals surface area contributed by atoms with Crippen LogP contribution in [-0.2, 0) is 123 Å². The van der Waals surface area contributed by atoms with Gasteiger partial charge in [0, 0.05) is 62.5 Å². The van der Waals surface area contributed by atoms with E-state index in [1.54, 1.807) is 108 Å². The van der Waals surface area contributed by atoms with Crippen molar-refractivity contribution in [1.29, 1.82) is 0 Å². The summed E-state index contributed by atoms with van der Waals surface area (Å²) in [7, 11) is 0. The van der Waals surface area contributed by atoms with Gasteiger partial charge >= 0.3 is 0 Å². The highest BCUT2D eigenvalue weighted by atomic mass is 16.3. The highest BCUT2D eigenvalue weighted by molar-refractivity contribution is 6.04. The molecule has 1 aromatic heterocycles. The summed E-state index contributed by atoms with van der Waals surface area (Å²) in [4.78, 5) is 324. The molecule has 0 aliphatic carbocycles. The fraction of sp³-hybridized carbons (Fsp3) is 0.602. The van der Waals surface area contributed by atoms with Crippen LogP contribution in [0.4, 0.5) is 0 Å². The minimum atomic E-state index is -2.20. The maximum atomic E-state index is 15.6. The normalized spacial score (nSPS) is 21.0. The third-order valence-electron chi connectivity index (χ3n) is 24.3. The maximum absolute atomic E-state index is 15.6. The van der Waals surface area contributed by atoms with Crippen LogP contribution in [0.1, 0.15) is 241 Å². The van der Waals surface area contributed by atoms with Crippen LogP contribution < -0.4 is 131 Å². The number of benzene rings is 2. The second kappa shape index (κ2) is 63.1. The number of hydrogen-bond acceptors (Lipinski definition) is 26. The van der Waals surface area contributed by atoms with Gasteiger partial charge in [-0.15, -0.1) is 0 Å². The summed E-state index contributed by atoms with van der Waals surface area (Å²) in [6.07, 6.45) is -1.78. The molecule has 1 aliphatic heterocycles. The van der Waals surface area contributed by atoms with Crippen molar-refractivity contribution in [3.63, 3.8) is 0 Å². The van der Waals surface area contributed by atoms with E-state index < -0.39 is 314 Å². The van der Waals surface area contributed by atoms with Gasteiger partial charge in [-0.3, -0.25) is 110 Å². The fourth-order valence-electron chi connectivity index (χ4n) is 16.2. The van der Waals surface area contributed by atoms with Gasteiger partial charge in [0.2, 0.25) is 136 Å². The number of amides is 23. The summed E-state index contributed by atoms with van der Waals surface area (Å²) < 4.78 is 0. The third kappa shape index (κ3) is 45.2. The van der Waals surface area contributed by atoms with E-state index in [1.165, 1.54) is 13.8 Å². The van der Waals surface area contributed by atoms with Crippen LogP contribution >= 0.6 is 0 Å². The average molecular weight is 2080 g/mol. The Morgan fingerprint density at radius 1 is 0.432 bits per heavy atom. The van der Waals surface area contributed by atoms with Gasteiger partial charge in [0.15, 0.2) is 0 Å². The van der Waals surface area contributed by atoms with E-state index in [9.17, 15) is 77.3 Å². The van der Waals surface area contributed by atoms with E-state index in [0.29, 0.717) is 54.1 Å². The molecule has 0 bridgehead atoms. The lowest BCUT2D eigenvalue weighted by Crippen LogP contribution is -2.65. The summed E-state index contributed by atoms with van der Waals surface area (Å²) in [5.41, 5.74) is 41.7. The number of unbranched alkanes of at least 4 members (excludes halogenated alkanes) is 1. The van der Waals surface area contributed by atoms with Crippen LogP contribution in [0.5, 0.6) is 0 Å². The van der Waals surface area contributed by atoms with Crippen LogP contribution in [0.3, 0.4) is 0 Å². The molecule has 35 N–H and O–H groups in total. The smallest absolute Gasteiger partial charge is 0.246 e. The van der Waals surface area contributed by atoms with Gasteiger partial charge in [-0.2, -0.15) is 0 Å². The molecule has 4 rings (SSSR count). The van der Waals surface area contributed by atoms with Crippen molar-refractivity contribution in [2.75, 3.05) is 13.2 Å². The van der Waals surface area contributed by atoms with Crippen molar-refractivity contribution >= 4 is 147 Å². The molecule has 820 valence electrons. The molecule has 0 fully saturated rings. The van der Waals surface area contributed by atoms with Crippen molar-refractivity contribution in [3.05, 3.63) is 84.1 Å². The van der Waals surface area contributed by atoms with E-state index >= 15 is 43.2 Å². The Balaban J connectivity index is 1.95. The quantitative estimate of drug-likeness (QED) is 0.0185. The Morgan fingerprint density at radius 3 is 1.35 bits per heavy atom. The molecule has 0 saturated heterocycles. The molecule has 2 aromatic carbocycles. The summed E-state index contributed by atoms with van der Waals surface area (Å²) in [6, 6.07) is -9.09. The van der Waals surface area contributed by atoms with Gasteiger partial charge < -0.3 is 146 Å². The van der Waals surface area contributed by atoms with Gasteiger partial charge in [-0.25, -0.2) is 0 Å². The number of primary amides is 7. The lowest BCUT2D eigenvalue weighted by molar-refractivity contribution is -0.139. The summed E-state index contributed by atoms with van der Waals surface area (Å²) >= 11 is 0. The molecule has 1 aliphatic rings. The number of carbonyl (C=O) groups is 23. The van der Waals surface area contributed by atoms with Crippen molar-refractivity contribution < 1.29 is 120 Å². The molecule has 50 heteroatoms. The van der Waals surface area contributed by atoms with Crippen molar-refractivity contribution in [2.45, 2.75) is 344 Å². The van der Waals surface area contributed by atoms with Crippen molar-refractivity contribution in [3.8, 4) is 0 Å². The molecule has 3 aromatic rings. The largest absolute Gasteiger partial charge is 0.394 e. The number of aliphatic hydroxyl groups is 2. The van der Waals surface area contributed by atoms with Crippen LogP contribution in [0.25, 0.3) is 10.9 Å². The predicted molar refractivity (Wildman–Crippen MR) is 539 cm³/mol. The first-order chi connectivity index (χ1) is 69.6. The van der Waals surface area contributed by atoms with Crippen LogP contribution in [-0.4, -0.2) is 266 Å². The Kier molecular flexibility index (Phi) is 53.6. The van der Waals surface area contributed by atoms with Crippen LogP contribution in [0.15, 0.2) is 72.9 Å². The van der Waals surface area contributed by atoms with Crippen LogP contribution in [0, 0.1) is 17.8 Å². The molecule has 17 atom stereocenters. The minimum absolute atomic E-state index is 0.0600. The zero-order valence-corrected chi connectivity index (χ0v) is 85.7. The zero-order valence-electron chi connectivity index (χ0n) is 85.7. The number of nitrogens with two attached hydrogens (primary N) is 8. The van der Waals surface area contributed by atoms with E-state index in [4.69, 9.17) is 45.9 Å². The first-order valence-corrected chi connectivity index (χ1v) is 49.7. The number of rotatable bonds is 50. The number of aliphatic hydroxyl groups excluding tert-OH is 2.